The van der Waals surface area contributed by atoms with Crippen molar-refractivity contribution in [2.24, 2.45) is 0 Å². The number of pyridine rings is 1. The zero-order chi connectivity index (χ0) is 19.5. The summed E-state index contributed by atoms with van der Waals surface area (Å²) in [5.41, 5.74) is 0.254. The van der Waals surface area contributed by atoms with Crippen LogP contribution in [0.5, 0.6) is 0 Å². The molecule has 3 rings (SSSR count). The molecule has 0 aliphatic heterocycles. The number of hydrogen-bond donors (Lipinski definition) is 0. The predicted octanol–water partition coefficient (Wildman–Crippen LogP) is 4.44. The summed E-state index contributed by atoms with van der Waals surface area (Å²) in [6.45, 7) is 6.49. The highest BCUT2D eigenvalue weighted by atomic mass is 28.4. The maximum atomic E-state index is 14.1. The predicted molar refractivity (Wildman–Crippen MR) is 107 cm³/mol. The van der Waals surface area contributed by atoms with Gasteiger partial charge in [-0.3, -0.25) is 0 Å². The molecule has 140 valence electrons. The van der Waals surface area contributed by atoms with Gasteiger partial charge in [0.1, 0.15) is 0 Å². The summed E-state index contributed by atoms with van der Waals surface area (Å²) in [5, 5.41) is 2.01. The molecule has 0 bridgehead atoms. The molecule has 0 aliphatic rings. The van der Waals surface area contributed by atoms with Gasteiger partial charge >= 0.3 is 0 Å². The largest absolute Gasteiger partial charge is 0.403 e. The van der Waals surface area contributed by atoms with Gasteiger partial charge in [-0.25, -0.2) is 0 Å². The van der Waals surface area contributed by atoms with Gasteiger partial charge in [-0.1, -0.05) is 81.4 Å². The first-order valence-electron chi connectivity index (χ1n) is 8.90. The number of aromatic nitrogens is 1. The highest BCUT2D eigenvalue weighted by Crippen LogP contribution is 2.37. The first-order chi connectivity index (χ1) is 12.8. The van der Waals surface area contributed by atoms with E-state index in [9.17, 15) is 8.78 Å². The number of hydrogen-bond acceptors (Lipinski definition) is 2. The molecule has 0 aliphatic carbocycles. The first kappa shape index (κ1) is 19.4. The maximum absolute atomic E-state index is 14.1. The van der Waals surface area contributed by atoms with E-state index >= 15 is 0 Å². The number of benzene rings is 2. The van der Waals surface area contributed by atoms with E-state index in [1.807, 2.05) is 36.4 Å². The maximum Gasteiger partial charge on any atom is 0.261 e. The lowest BCUT2D eigenvalue weighted by atomic mass is 10.2. The van der Waals surface area contributed by atoms with Crippen molar-refractivity contribution in [3.05, 3.63) is 90.3 Å². The smallest absolute Gasteiger partial charge is 0.261 e. The minimum absolute atomic E-state index is 0.0341. The van der Waals surface area contributed by atoms with Crippen molar-refractivity contribution in [2.75, 3.05) is 0 Å². The van der Waals surface area contributed by atoms with E-state index in [1.165, 1.54) is 6.07 Å². The molecule has 0 unspecified atom stereocenters. The highest BCUT2D eigenvalue weighted by Gasteiger charge is 2.50. The van der Waals surface area contributed by atoms with E-state index in [0.717, 1.165) is 16.4 Å². The Hall–Kier alpha value is -2.37. The van der Waals surface area contributed by atoms with Gasteiger partial charge < -0.3 is 4.43 Å². The van der Waals surface area contributed by atoms with Crippen LogP contribution in [0.1, 0.15) is 26.3 Å². The molecule has 0 spiro atoms. The standard InChI is InChI=1S/C22H23F2NOSi/c1-22(2,3)27(18-10-6-4-7-11-18,19-12-8-5-9-13-19)26-16-17-14-15-20(23)25-21(17)24/h4-15H,16H2,1-3H3. The summed E-state index contributed by atoms with van der Waals surface area (Å²) < 4.78 is 33.9. The van der Waals surface area contributed by atoms with E-state index in [2.05, 4.69) is 50.0 Å². The van der Waals surface area contributed by atoms with Crippen LogP contribution >= 0.6 is 0 Å². The first-order valence-corrected chi connectivity index (χ1v) is 10.8. The molecule has 27 heavy (non-hydrogen) atoms. The monoisotopic (exact) mass is 383 g/mol. The van der Waals surface area contributed by atoms with E-state index in [0.29, 0.717) is 0 Å². The molecule has 1 aromatic heterocycles. The van der Waals surface area contributed by atoms with Crippen LogP contribution in [0.2, 0.25) is 5.04 Å². The Morgan fingerprint density at radius 2 is 1.33 bits per heavy atom. The van der Waals surface area contributed by atoms with Crippen LogP contribution < -0.4 is 10.4 Å². The number of rotatable bonds is 5. The molecule has 0 radical (unpaired) electrons. The van der Waals surface area contributed by atoms with Crippen LogP contribution in [0.3, 0.4) is 0 Å². The molecule has 1 heterocycles. The zero-order valence-electron chi connectivity index (χ0n) is 15.7. The molecular weight excluding hydrogens is 360 g/mol. The Labute approximate surface area is 160 Å². The van der Waals surface area contributed by atoms with Gasteiger partial charge in [0.05, 0.1) is 6.61 Å². The van der Waals surface area contributed by atoms with E-state index in [1.54, 1.807) is 0 Å². The summed E-state index contributed by atoms with van der Waals surface area (Å²) in [4.78, 5) is 3.28. The summed E-state index contributed by atoms with van der Waals surface area (Å²) >= 11 is 0. The third-order valence-electron chi connectivity index (χ3n) is 4.75. The quantitative estimate of drug-likeness (QED) is 0.480. The van der Waals surface area contributed by atoms with Crippen LogP contribution in [0.25, 0.3) is 0 Å². The lowest BCUT2D eigenvalue weighted by molar-refractivity contribution is 0.278. The minimum Gasteiger partial charge on any atom is -0.403 e. The van der Waals surface area contributed by atoms with E-state index < -0.39 is 20.2 Å². The minimum atomic E-state index is -2.76. The van der Waals surface area contributed by atoms with Crippen molar-refractivity contribution in [2.45, 2.75) is 32.4 Å². The molecule has 2 nitrogen and oxygen atoms in total. The molecule has 3 aromatic rings. The van der Waals surface area contributed by atoms with Crippen LogP contribution in [-0.4, -0.2) is 13.3 Å². The Morgan fingerprint density at radius 3 is 1.78 bits per heavy atom. The Bertz CT molecular complexity index is 856. The van der Waals surface area contributed by atoms with Crippen molar-refractivity contribution in [3.63, 3.8) is 0 Å². The molecule has 0 N–H and O–H groups in total. The van der Waals surface area contributed by atoms with Gasteiger partial charge in [-0.15, -0.1) is 0 Å². The second-order valence-corrected chi connectivity index (χ2v) is 11.8. The van der Waals surface area contributed by atoms with Gasteiger partial charge in [0, 0.05) is 5.56 Å². The molecule has 0 fully saturated rings. The fraction of sp³-hybridized carbons (Fsp3) is 0.227. The van der Waals surface area contributed by atoms with E-state index in [-0.39, 0.29) is 17.2 Å². The average Bonchev–Trinajstić information content (AvgIpc) is 2.64. The average molecular weight is 384 g/mol. The lowest BCUT2D eigenvalue weighted by Gasteiger charge is -2.43. The van der Waals surface area contributed by atoms with Gasteiger partial charge in [-0.2, -0.15) is 13.8 Å². The SMILES string of the molecule is CC(C)(C)[Si](OCc1ccc(F)nc1F)(c1ccccc1)c1ccccc1. The van der Waals surface area contributed by atoms with Gasteiger partial charge in [0.25, 0.3) is 8.32 Å². The molecule has 0 saturated carbocycles. The summed E-state index contributed by atoms with van der Waals surface area (Å²) in [6.07, 6.45) is 0. The molecule has 2 aromatic carbocycles. The van der Waals surface area contributed by atoms with Crippen LogP contribution in [-0.2, 0) is 11.0 Å². The Balaban J connectivity index is 2.12. The van der Waals surface area contributed by atoms with Crippen LogP contribution in [0.15, 0.2) is 72.8 Å². The lowest BCUT2D eigenvalue weighted by Crippen LogP contribution is -2.66. The molecule has 5 heteroatoms. The summed E-state index contributed by atoms with van der Waals surface area (Å²) in [5.74, 6) is -1.66. The third kappa shape index (κ3) is 3.84. The van der Waals surface area contributed by atoms with Crippen molar-refractivity contribution in [1.29, 1.82) is 0 Å². The second kappa shape index (κ2) is 7.70. The fourth-order valence-corrected chi connectivity index (χ4v) is 8.02. The summed E-state index contributed by atoms with van der Waals surface area (Å²) in [7, 11) is -2.76. The van der Waals surface area contributed by atoms with Gasteiger partial charge in [0.15, 0.2) is 0 Å². The fourth-order valence-electron chi connectivity index (χ4n) is 3.50. The molecule has 0 saturated heterocycles. The van der Waals surface area contributed by atoms with Gasteiger partial charge in [-0.05, 0) is 27.5 Å². The van der Waals surface area contributed by atoms with Crippen LogP contribution in [0, 0.1) is 11.9 Å². The molecule has 0 amide bonds. The Kier molecular flexibility index (Phi) is 5.53. The van der Waals surface area contributed by atoms with Gasteiger partial charge in [0.2, 0.25) is 11.9 Å². The van der Waals surface area contributed by atoms with E-state index in [4.69, 9.17) is 4.43 Å². The summed E-state index contributed by atoms with van der Waals surface area (Å²) in [6, 6.07) is 22.8. The normalized spacial score (nSPS) is 12.2. The highest BCUT2D eigenvalue weighted by molar-refractivity contribution is 6.99. The third-order valence-corrected chi connectivity index (χ3v) is 9.74. The van der Waals surface area contributed by atoms with Crippen LogP contribution in [0.4, 0.5) is 8.78 Å². The van der Waals surface area contributed by atoms with Crippen molar-refractivity contribution >= 4 is 18.7 Å². The second-order valence-electron chi connectivity index (χ2n) is 7.54. The molecular formula is C22H23F2NOSi. The number of halogens is 2. The van der Waals surface area contributed by atoms with Crippen molar-refractivity contribution in [3.8, 4) is 0 Å². The number of nitrogens with zero attached hydrogens (tertiary/aromatic N) is 1. The topological polar surface area (TPSA) is 22.1 Å². The van der Waals surface area contributed by atoms with Crippen molar-refractivity contribution in [1.82, 2.24) is 4.98 Å². The Morgan fingerprint density at radius 1 is 0.815 bits per heavy atom. The van der Waals surface area contributed by atoms with Crippen molar-refractivity contribution < 1.29 is 13.2 Å². The molecule has 0 atom stereocenters. The zero-order valence-corrected chi connectivity index (χ0v) is 16.7.